The van der Waals surface area contributed by atoms with Gasteiger partial charge in [0.2, 0.25) is 0 Å². The molecule has 1 aromatic rings. The van der Waals surface area contributed by atoms with Crippen LogP contribution in [0.5, 0.6) is 0 Å². The highest BCUT2D eigenvalue weighted by molar-refractivity contribution is 5.89. The second-order valence-electron chi connectivity index (χ2n) is 6.67. The van der Waals surface area contributed by atoms with Crippen molar-refractivity contribution < 1.29 is 9.90 Å². The number of carbonyl (C=O) groups excluding carboxylic acids is 1. The van der Waals surface area contributed by atoms with Crippen LogP contribution in [0.3, 0.4) is 0 Å². The zero-order valence-corrected chi connectivity index (χ0v) is 14.2. The Balaban J connectivity index is 1.86. The molecule has 1 aliphatic rings. The lowest BCUT2D eigenvalue weighted by Crippen LogP contribution is -2.33. The standard InChI is InChI=1S/C18H29N3O2/c1-14-6-9-21(10-7-14)17-5-3-4-16(12-17)20-18(23)19-13-15(2)8-11-22/h3-5,12,14-15,22H,6-11,13H2,1-2H3,(H2,19,20,23). The second kappa shape index (κ2) is 8.77. The van der Waals surface area contributed by atoms with Gasteiger partial charge in [-0.2, -0.15) is 0 Å². The summed E-state index contributed by atoms with van der Waals surface area (Å²) in [5.41, 5.74) is 1.98. The van der Waals surface area contributed by atoms with Crippen LogP contribution in [0.4, 0.5) is 16.2 Å². The smallest absolute Gasteiger partial charge is 0.319 e. The molecular weight excluding hydrogens is 290 g/mol. The lowest BCUT2D eigenvalue weighted by molar-refractivity contribution is 0.243. The molecule has 3 N–H and O–H groups in total. The van der Waals surface area contributed by atoms with E-state index in [1.807, 2.05) is 25.1 Å². The Morgan fingerprint density at radius 1 is 1.39 bits per heavy atom. The second-order valence-corrected chi connectivity index (χ2v) is 6.67. The first-order valence-corrected chi connectivity index (χ1v) is 8.59. The molecule has 5 nitrogen and oxygen atoms in total. The van der Waals surface area contributed by atoms with Crippen molar-refractivity contribution in [1.29, 1.82) is 0 Å². The van der Waals surface area contributed by atoms with E-state index >= 15 is 0 Å². The van der Waals surface area contributed by atoms with E-state index in [2.05, 4.69) is 28.5 Å². The van der Waals surface area contributed by atoms with E-state index in [1.54, 1.807) is 0 Å². The van der Waals surface area contributed by atoms with Gasteiger partial charge in [-0.15, -0.1) is 0 Å². The highest BCUT2D eigenvalue weighted by atomic mass is 16.3. The molecule has 0 aromatic heterocycles. The summed E-state index contributed by atoms with van der Waals surface area (Å²) in [6.45, 7) is 7.19. The lowest BCUT2D eigenvalue weighted by Gasteiger charge is -2.32. The third-order valence-electron chi connectivity index (χ3n) is 4.49. The fourth-order valence-corrected chi connectivity index (χ4v) is 2.81. The minimum atomic E-state index is -0.195. The Kier molecular flexibility index (Phi) is 6.71. The molecule has 2 amide bonds. The molecule has 1 saturated heterocycles. The van der Waals surface area contributed by atoms with Gasteiger partial charge in [-0.25, -0.2) is 4.79 Å². The maximum absolute atomic E-state index is 12.0. The number of anilines is 2. The van der Waals surface area contributed by atoms with Gasteiger partial charge in [0.15, 0.2) is 0 Å². The number of piperidine rings is 1. The molecule has 0 bridgehead atoms. The van der Waals surface area contributed by atoms with E-state index in [0.29, 0.717) is 13.0 Å². The Hall–Kier alpha value is -1.75. The number of hydrogen-bond donors (Lipinski definition) is 3. The normalized spacial score (nSPS) is 16.9. The van der Waals surface area contributed by atoms with Crippen LogP contribution in [-0.4, -0.2) is 37.4 Å². The zero-order valence-electron chi connectivity index (χ0n) is 14.2. The number of hydrogen-bond acceptors (Lipinski definition) is 3. The van der Waals surface area contributed by atoms with Crippen LogP contribution in [0, 0.1) is 11.8 Å². The van der Waals surface area contributed by atoms with Gasteiger partial charge in [-0.3, -0.25) is 0 Å². The molecule has 1 aromatic carbocycles. The van der Waals surface area contributed by atoms with Crippen LogP contribution in [0.2, 0.25) is 0 Å². The van der Waals surface area contributed by atoms with Gasteiger partial charge in [0.05, 0.1) is 0 Å². The first-order valence-electron chi connectivity index (χ1n) is 8.59. The van der Waals surface area contributed by atoms with E-state index in [1.165, 1.54) is 18.5 Å². The number of nitrogens with one attached hydrogen (secondary N) is 2. The molecule has 1 heterocycles. The number of carbonyl (C=O) groups is 1. The van der Waals surface area contributed by atoms with Gasteiger partial charge in [-0.05, 0) is 49.3 Å². The summed E-state index contributed by atoms with van der Waals surface area (Å²) < 4.78 is 0. The van der Waals surface area contributed by atoms with Crippen molar-refractivity contribution in [2.24, 2.45) is 11.8 Å². The zero-order chi connectivity index (χ0) is 16.7. The number of urea groups is 1. The van der Waals surface area contributed by atoms with Crippen LogP contribution in [0.15, 0.2) is 24.3 Å². The van der Waals surface area contributed by atoms with Crippen LogP contribution < -0.4 is 15.5 Å². The topological polar surface area (TPSA) is 64.6 Å². The molecule has 1 aliphatic heterocycles. The van der Waals surface area contributed by atoms with E-state index in [-0.39, 0.29) is 18.6 Å². The Labute approximate surface area is 139 Å². The third-order valence-corrected chi connectivity index (χ3v) is 4.49. The molecule has 0 saturated carbocycles. The number of benzene rings is 1. The molecule has 5 heteroatoms. The van der Waals surface area contributed by atoms with Crippen LogP contribution >= 0.6 is 0 Å². The molecule has 128 valence electrons. The van der Waals surface area contributed by atoms with Crippen LogP contribution in [-0.2, 0) is 0 Å². The molecule has 0 radical (unpaired) electrons. The van der Waals surface area contributed by atoms with Gasteiger partial charge in [0, 0.05) is 37.6 Å². The molecule has 1 atom stereocenters. The van der Waals surface area contributed by atoms with E-state index in [4.69, 9.17) is 5.11 Å². The van der Waals surface area contributed by atoms with Crippen molar-refractivity contribution in [2.75, 3.05) is 36.5 Å². The highest BCUT2D eigenvalue weighted by Gasteiger charge is 2.16. The van der Waals surface area contributed by atoms with E-state index in [0.717, 1.165) is 24.7 Å². The highest BCUT2D eigenvalue weighted by Crippen LogP contribution is 2.25. The lowest BCUT2D eigenvalue weighted by atomic mass is 9.99. The first-order chi connectivity index (χ1) is 11.1. The summed E-state index contributed by atoms with van der Waals surface area (Å²) in [6, 6.07) is 7.83. The summed E-state index contributed by atoms with van der Waals surface area (Å²) >= 11 is 0. The molecule has 2 rings (SSSR count). The SMILES string of the molecule is CC1CCN(c2cccc(NC(=O)NCC(C)CCO)c2)CC1. The molecule has 23 heavy (non-hydrogen) atoms. The first kappa shape index (κ1) is 17.6. The van der Waals surface area contributed by atoms with Gasteiger partial charge < -0.3 is 20.6 Å². The quantitative estimate of drug-likeness (QED) is 0.755. The molecule has 0 spiro atoms. The number of aliphatic hydroxyl groups excluding tert-OH is 1. The third kappa shape index (κ3) is 5.75. The van der Waals surface area contributed by atoms with Gasteiger partial charge in [0.25, 0.3) is 0 Å². The predicted octanol–water partition coefficient (Wildman–Crippen LogP) is 3.06. The number of amides is 2. The van der Waals surface area contributed by atoms with Crippen molar-refractivity contribution in [3.05, 3.63) is 24.3 Å². The molecule has 1 unspecified atom stereocenters. The van der Waals surface area contributed by atoms with Gasteiger partial charge in [-0.1, -0.05) is 19.9 Å². The van der Waals surface area contributed by atoms with E-state index < -0.39 is 0 Å². The van der Waals surface area contributed by atoms with Crippen LogP contribution in [0.1, 0.15) is 33.1 Å². The monoisotopic (exact) mass is 319 g/mol. The Bertz CT molecular complexity index is 499. The summed E-state index contributed by atoms with van der Waals surface area (Å²) in [5.74, 6) is 1.08. The average molecular weight is 319 g/mol. The van der Waals surface area contributed by atoms with Crippen molar-refractivity contribution in [3.8, 4) is 0 Å². The average Bonchev–Trinajstić information content (AvgIpc) is 2.54. The number of nitrogens with zero attached hydrogens (tertiary/aromatic N) is 1. The minimum absolute atomic E-state index is 0.154. The van der Waals surface area contributed by atoms with Gasteiger partial charge >= 0.3 is 6.03 Å². The fraction of sp³-hybridized carbons (Fsp3) is 0.611. The summed E-state index contributed by atoms with van der Waals surface area (Å²) in [7, 11) is 0. The largest absolute Gasteiger partial charge is 0.396 e. The van der Waals surface area contributed by atoms with Crippen molar-refractivity contribution >= 4 is 17.4 Å². The minimum Gasteiger partial charge on any atom is -0.396 e. The number of rotatable bonds is 6. The van der Waals surface area contributed by atoms with Gasteiger partial charge in [0.1, 0.15) is 0 Å². The summed E-state index contributed by atoms with van der Waals surface area (Å²) in [5, 5.41) is 14.6. The number of aliphatic hydroxyl groups is 1. The molecule has 0 aliphatic carbocycles. The fourth-order valence-electron chi connectivity index (χ4n) is 2.81. The van der Waals surface area contributed by atoms with Crippen molar-refractivity contribution in [1.82, 2.24) is 5.32 Å². The summed E-state index contributed by atoms with van der Waals surface area (Å²) in [6.07, 6.45) is 3.14. The molecular formula is C18H29N3O2. The maximum Gasteiger partial charge on any atom is 0.319 e. The predicted molar refractivity (Wildman–Crippen MR) is 94.9 cm³/mol. The van der Waals surface area contributed by atoms with Crippen molar-refractivity contribution in [2.45, 2.75) is 33.1 Å². The maximum atomic E-state index is 12.0. The van der Waals surface area contributed by atoms with Crippen molar-refractivity contribution in [3.63, 3.8) is 0 Å². The van der Waals surface area contributed by atoms with Crippen LogP contribution in [0.25, 0.3) is 0 Å². The Morgan fingerprint density at radius 3 is 2.83 bits per heavy atom. The Morgan fingerprint density at radius 2 is 2.13 bits per heavy atom. The molecule has 1 fully saturated rings. The van der Waals surface area contributed by atoms with E-state index in [9.17, 15) is 4.79 Å². The summed E-state index contributed by atoms with van der Waals surface area (Å²) in [4.78, 5) is 14.3.